The summed E-state index contributed by atoms with van der Waals surface area (Å²) in [4.78, 5) is 3.94. The Kier molecular flexibility index (Phi) is 4.25. The Morgan fingerprint density at radius 1 is 1.26 bits per heavy atom. The Bertz CT molecular complexity index is 608. The number of rotatable bonds is 6. The van der Waals surface area contributed by atoms with Crippen LogP contribution in [0.15, 0.2) is 40.1 Å². The predicted octanol–water partition coefficient (Wildman–Crippen LogP) is 0.0829. The van der Waals surface area contributed by atoms with Crippen molar-refractivity contribution in [3.63, 3.8) is 0 Å². The van der Waals surface area contributed by atoms with Gasteiger partial charge >= 0.3 is 0 Å². The van der Waals surface area contributed by atoms with Crippen molar-refractivity contribution in [2.45, 2.75) is 17.9 Å². The highest BCUT2D eigenvalue weighted by Gasteiger charge is 2.13. The lowest BCUT2D eigenvalue weighted by atomic mass is 10.2. The van der Waals surface area contributed by atoms with E-state index >= 15 is 0 Å². The highest BCUT2D eigenvalue weighted by atomic mass is 32.2. The molecule has 19 heavy (non-hydrogen) atoms. The summed E-state index contributed by atoms with van der Waals surface area (Å²) in [6.07, 6.45) is 1.54. The van der Waals surface area contributed by atoms with E-state index < -0.39 is 10.0 Å². The molecule has 0 saturated carbocycles. The molecule has 0 radical (unpaired) electrons. The van der Waals surface area contributed by atoms with Gasteiger partial charge in [-0.3, -0.25) is 0 Å². The van der Waals surface area contributed by atoms with Gasteiger partial charge in [-0.05, 0) is 17.7 Å². The highest BCUT2D eigenvalue weighted by Crippen LogP contribution is 2.10. The number of aliphatic hydroxyl groups excluding tert-OH is 1. The predicted molar refractivity (Wildman–Crippen MR) is 65.6 cm³/mol. The Hall–Kier alpha value is -1.77. The summed E-state index contributed by atoms with van der Waals surface area (Å²) in [5.41, 5.74) is 0.658. The van der Waals surface area contributed by atoms with E-state index in [1.807, 2.05) is 0 Å². The van der Waals surface area contributed by atoms with Crippen LogP contribution in [0.1, 0.15) is 11.4 Å². The van der Waals surface area contributed by atoms with E-state index in [1.165, 1.54) is 18.5 Å². The molecule has 7 nitrogen and oxygen atoms in total. The molecule has 0 atom stereocenters. The van der Waals surface area contributed by atoms with Gasteiger partial charge < -0.3 is 9.63 Å². The van der Waals surface area contributed by atoms with Crippen LogP contribution < -0.4 is 4.72 Å². The Morgan fingerprint density at radius 2 is 2.00 bits per heavy atom. The molecule has 0 saturated heterocycles. The largest absolute Gasteiger partial charge is 0.392 e. The zero-order valence-corrected chi connectivity index (χ0v) is 10.8. The molecule has 2 N–H and O–H groups in total. The summed E-state index contributed by atoms with van der Waals surface area (Å²) in [7, 11) is -3.56. The minimum Gasteiger partial charge on any atom is -0.392 e. The number of benzene rings is 1. The lowest BCUT2D eigenvalue weighted by molar-refractivity contribution is 0.282. The summed E-state index contributed by atoms with van der Waals surface area (Å²) in [6, 6.07) is 6.02. The SMILES string of the molecule is O=S(=O)(NCCc1ncon1)c1ccc(CO)cc1. The lowest BCUT2D eigenvalue weighted by Crippen LogP contribution is -2.26. The quantitative estimate of drug-likeness (QED) is 0.778. The topological polar surface area (TPSA) is 105 Å². The number of nitrogens with one attached hydrogen (secondary N) is 1. The van der Waals surface area contributed by atoms with E-state index in [0.717, 1.165) is 0 Å². The van der Waals surface area contributed by atoms with E-state index in [-0.39, 0.29) is 18.0 Å². The van der Waals surface area contributed by atoms with Gasteiger partial charge in [-0.25, -0.2) is 13.1 Å². The van der Waals surface area contributed by atoms with Crippen molar-refractivity contribution >= 4 is 10.0 Å². The summed E-state index contributed by atoms with van der Waals surface area (Å²) < 4.78 is 30.8. The fourth-order valence-corrected chi connectivity index (χ4v) is 2.49. The van der Waals surface area contributed by atoms with E-state index in [9.17, 15) is 8.42 Å². The van der Waals surface area contributed by atoms with Crippen LogP contribution in [0.5, 0.6) is 0 Å². The van der Waals surface area contributed by atoms with Gasteiger partial charge in [0.2, 0.25) is 16.4 Å². The normalized spacial score (nSPS) is 11.6. The second-order valence-corrected chi connectivity index (χ2v) is 5.56. The molecule has 1 aromatic carbocycles. The average Bonchev–Trinajstić information content (AvgIpc) is 2.92. The number of aromatic nitrogens is 2. The molecule has 102 valence electrons. The molecule has 0 amide bonds. The van der Waals surface area contributed by atoms with Crippen molar-refractivity contribution in [1.82, 2.24) is 14.9 Å². The lowest BCUT2D eigenvalue weighted by Gasteiger charge is -2.06. The van der Waals surface area contributed by atoms with E-state index in [0.29, 0.717) is 17.8 Å². The van der Waals surface area contributed by atoms with Gasteiger partial charge in [0.15, 0.2) is 5.82 Å². The van der Waals surface area contributed by atoms with Crippen molar-refractivity contribution in [2.24, 2.45) is 0 Å². The first-order chi connectivity index (χ1) is 9.12. The van der Waals surface area contributed by atoms with Crippen LogP contribution >= 0.6 is 0 Å². The van der Waals surface area contributed by atoms with Crippen LogP contribution in [0.2, 0.25) is 0 Å². The van der Waals surface area contributed by atoms with Gasteiger partial charge in [-0.15, -0.1) is 0 Å². The van der Waals surface area contributed by atoms with Crippen LogP contribution in [0.25, 0.3) is 0 Å². The van der Waals surface area contributed by atoms with Gasteiger partial charge in [-0.2, -0.15) is 4.98 Å². The Labute approximate surface area is 110 Å². The van der Waals surface area contributed by atoms with Gasteiger partial charge in [-0.1, -0.05) is 17.3 Å². The molecule has 1 heterocycles. The summed E-state index contributed by atoms with van der Waals surface area (Å²) in [5.74, 6) is 0.443. The van der Waals surface area contributed by atoms with Crippen molar-refractivity contribution in [3.05, 3.63) is 42.0 Å². The molecular formula is C11H13N3O4S. The highest BCUT2D eigenvalue weighted by molar-refractivity contribution is 7.89. The number of hydrogen-bond acceptors (Lipinski definition) is 6. The molecule has 0 aliphatic carbocycles. The van der Waals surface area contributed by atoms with Crippen LogP contribution in [0, 0.1) is 0 Å². The first-order valence-corrected chi connectivity index (χ1v) is 7.05. The fraction of sp³-hybridized carbons (Fsp3) is 0.273. The van der Waals surface area contributed by atoms with E-state index in [4.69, 9.17) is 5.11 Å². The molecule has 0 aliphatic heterocycles. The summed E-state index contributed by atoms with van der Waals surface area (Å²) in [5, 5.41) is 12.5. The van der Waals surface area contributed by atoms with Gasteiger partial charge in [0.1, 0.15) is 0 Å². The maximum Gasteiger partial charge on any atom is 0.240 e. The number of nitrogens with zero attached hydrogens (tertiary/aromatic N) is 2. The average molecular weight is 283 g/mol. The van der Waals surface area contributed by atoms with Crippen LogP contribution in [0.4, 0.5) is 0 Å². The third-order valence-corrected chi connectivity index (χ3v) is 3.94. The minimum absolute atomic E-state index is 0.119. The van der Waals surface area contributed by atoms with Crippen LogP contribution in [0.3, 0.4) is 0 Å². The molecule has 1 aromatic heterocycles. The van der Waals surface area contributed by atoms with Gasteiger partial charge in [0.05, 0.1) is 11.5 Å². The number of aliphatic hydroxyl groups is 1. The van der Waals surface area contributed by atoms with Crippen molar-refractivity contribution < 1.29 is 18.0 Å². The fourth-order valence-electron chi connectivity index (χ4n) is 1.46. The molecular weight excluding hydrogens is 270 g/mol. The molecule has 0 fully saturated rings. The monoisotopic (exact) mass is 283 g/mol. The second kappa shape index (κ2) is 5.91. The number of sulfonamides is 1. The van der Waals surface area contributed by atoms with E-state index in [2.05, 4.69) is 19.4 Å². The zero-order chi connectivity index (χ0) is 13.7. The number of hydrogen-bond donors (Lipinski definition) is 2. The zero-order valence-electron chi connectivity index (χ0n) is 9.98. The Balaban J connectivity index is 1.97. The molecule has 0 bridgehead atoms. The molecule has 0 unspecified atom stereocenters. The first kappa shape index (κ1) is 13.7. The molecule has 2 rings (SSSR count). The van der Waals surface area contributed by atoms with Crippen molar-refractivity contribution in [3.8, 4) is 0 Å². The first-order valence-electron chi connectivity index (χ1n) is 5.56. The Morgan fingerprint density at radius 3 is 2.58 bits per heavy atom. The molecule has 0 spiro atoms. The summed E-state index contributed by atoms with van der Waals surface area (Å²) >= 11 is 0. The molecule has 8 heteroatoms. The standard InChI is InChI=1S/C11H13N3O4S/c15-7-9-1-3-10(4-2-9)19(16,17)13-6-5-11-12-8-18-14-11/h1-4,8,13,15H,5-7H2. The molecule has 2 aromatic rings. The van der Waals surface area contributed by atoms with Crippen molar-refractivity contribution in [1.29, 1.82) is 0 Å². The maximum absolute atomic E-state index is 11.9. The van der Waals surface area contributed by atoms with E-state index in [1.54, 1.807) is 12.1 Å². The second-order valence-electron chi connectivity index (χ2n) is 3.80. The van der Waals surface area contributed by atoms with Crippen molar-refractivity contribution in [2.75, 3.05) is 6.54 Å². The van der Waals surface area contributed by atoms with Crippen LogP contribution in [-0.2, 0) is 23.1 Å². The third kappa shape index (κ3) is 3.60. The third-order valence-electron chi connectivity index (χ3n) is 2.46. The summed E-state index contributed by atoms with van der Waals surface area (Å²) in [6.45, 7) is 0.0647. The smallest absolute Gasteiger partial charge is 0.240 e. The van der Waals surface area contributed by atoms with Gasteiger partial charge in [0, 0.05) is 13.0 Å². The van der Waals surface area contributed by atoms with Gasteiger partial charge in [0.25, 0.3) is 0 Å². The maximum atomic E-state index is 11.9. The van der Waals surface area contributed by atoms with Crippen LogP contribution in [-0.4, -0.2) is 30.2 Å². The minimum atomic E-state index is -3.56. The molecule has 0 aliphatic rings.